The molecule has 0 saturated carbocycles. The van der Waals surface area contributed by atoms with E-state index in [-0.39, 0.29) is 6.04 Å². The molecule has 1 aliphatic rings. The molecular formula is C15H22BrClN2. The van der Waals surface area contributed by atoms with Crippen molar-refractivity contribution in [2.24, 2.45) is 11.7 Å². The first-order valence-electron chi connectivity index (χ1n) is 7.04. The van der Waals surface area contributed by atoms with Gasteiger partial charge in [-0.05, 0) is 43.0 Å². The number of nitrogens with zero attached hydrogens (tertiary/aromatic N) is 1. The molecule has 1 aromatic rings. The van der Waals surface area contributed by atoms with Crippen molar-refractivity contribution in [3.63, 3.8) is 0 Å². The molecule has 0 aromatic heterocycles. The molecule has 1 fully saturated rings. The normalized spacial score (nSPS) is 21.8. The summed E-state index contributed by atoms with van der Waals surface area (Å²) in [6, 6.07) is 6.35. The van der Waals surface area contributed by atoms with Gasteiger partial charge in [0.2, 0.25) is 0 Å². The number of hydrogen-bond donors (Lipinski definition) is 1. The highest BCUT2D eigenvalue weighted by Gasteiger charge is 2.28. The van der Waals surface area contributed by atoms with E-state index in [1.54, 1.807) is 0 Å². The second kappa shape index (κ2) is 7.07. The van der Waals surface area contributed by atoms with E-state index in [9.17, 15) is 0 Å². The Hall–Kier alpha value is -0.0900. The zero-order chi connectivity index (χ0) is 13.8. The molecular weight excluding hydrogens is 324 g/mol. The highest BCUT2D eigenvalue weighted by Crippen LogP contribution is 2.33. The lowest BCUT2D eigenvalue weighted by Gasteiger charge is -2.28. The molecule has 1 aliphatic heterocycles. The van der Waals surface area contributed by atoms with Crippen molar-refractivity contribution < 1.29 is 0 Å². The molecule has 19 heavy (non-hydrogen) atoms. The Kier molecular flexibility index (Phi) is 5.70. The lowest BCUT2D eigenvalue weighted by Crippen LogP contribution is -2.32. The van der Waals surface area contributed by atoms with Crippen molar-refractivity contribution >= 4 is 27.5 Å². The lowest BCUT2D eigenvalue weighted by atomic mass is 10.0. The second-order valence-corrected chi connectivity index (χ2v) is 6.68. The van der Waals surface area contributed by atoms with E-state index in [1.165, 1.54) is 19.3 Å². The van der Waals surface area contributed by atoms with Gasteiger partial charge in [-0.1, -0.05) is 46.9 Å². The summed E-state index contributed by atoms with van der Waals surface area (Å²) in [5, 5.41) is 0.809. The third kappa shape index (κ3) is 3.72. The van der Waals surface area contributed by atoms with Crippen molar-refractivity contribution in [2.45, 2.75) is 32.2 Å². The van der Waals surface area contributed by atoms with E-state index in [0.717, 1.165) is 34.1 Å². The van der Waals surface area contributed by atoms with Gasteiger partial charge in [0.1, 0.15) is 0 Å². The van der Waals surface area contributed by atoms with Crippen LogP contribution in [0.4, 0.5) is 0 Å². The van der Waals surface area contributed by atoms with E-state index in [0.29, 0.717) is 6.54 Å². The first-order chi connectivity index (χ1) is 9.15. The van der Waals surface area contributed by atoms with Crippen molar-refractivity contribution in [3.05, 3.63) is 33.3 Å². The van der Waals surface area contributed by atoms with Gasteiger partial charge < -0.3 is 5.73 Å². The largest absolute Gasteiger partial charge is 0.329 e. The lowest BCUT2D eigenvalue weighted by molar-refractivity contribution is 0.240. The monoisotopic (exact) mass is 344 g/mol. The average molecular weight is 346 g/mol. The Labute approximate surface area is 129 Å². The van der Waals surface area contributed by atoms with Crippen molar-refractivity contribution in [3.8, 4) is 0 Å². The van der Waals surface area contributed by atoms with Gasteiger partial charge >= 0.3 is 0 Å². The van der Waals surface area contributed by atoms with Gasteiger partial charge in [0.25, 0.3) is 0 Å². The van der Waals surface area contributed by atoms with Crippen LogP contribution in [0.5, 0.6) is 0 Å². The number of likely N-dealkylation sites (tertiary alicyclic amines) is 1. The predicted molar refractivity (Wildman–Crippen MR) is 85.5 cm³/mol. The van der Waals surface area contributed by atoms with Gasteiger partial charge in [-0.25, -0.2) is 0 Å². The first kappa shape index (κ1) is 15.3. The number of hydrogen-bond acceptors (Lipinski definition) is 2. The maximum atomic E-state index is 6.37. The number of rotatable bonds is 5. The number of nitrogens with two attached hydrogens (primary N) is 1. The minimum Gasteiger partial charge on any atom is -0.329 e. The third-order valence-electron chi connectivity index (χ3n) is 4.00. The maximum Gasteiger partial charge on any atom is 0.0485 e. The molecule has 4 heteroatoms. The fourth-order valence-corrected chi connectivity index (χ4v) is 3.83. The van der Waals surface area contributed by atoms with Gasteiger partial charge in [0.15, 0.2) is 0 Å². The van der Waals surface area contributed by atoms with E-state index >= 15 is 0 Å². The molecule has 106 valence electrons. The molecule has 1 saturated heterocycles. The number of halogens is 2. The molecule has 1 aromatic carbocycles. The van der Waals surface area contributed by atoms with Gasteiger partial charge in [0.05, 0.1) is 0 Å². The topological polar surface area (TPSA) is 29.3 Å². The first-order valence-corrected chi connectivity index (χ1v) is 8.21. The van der Waals surface area contributed by atoms with Crippen LogP contribution >= 0.6 is 27.5 Å². The number of benzene rings is 1. The van der Waals surface area contributed by atoms with Crippen LogP contribution in [0.25, 0.3) is 0 Å². The van der Waals surface area contributed by atoms with Crippen molar-refractivity contribution in [2.75, 3.05) is 19.6 Å². The van der Waals surface area contributed by atoms with Gasteiger partial charge in [-0.2, -0.15) is 0 Å². The molecule has 2 nitrogen and oxygen atoms in total. The van der Waals surface area contributed by atoms with Crippen LogP contribution in [0, 0.1) is 5.92 Å². The van der Waals surface area contributed by atoms with Crippen LogP contribution < -0.4 is 5.73 Å². The molecule has 2 rings (SSSR count). The average Bonchev–Trinajstić information content (AvgIpc) is 2.82. The van der Waals surface area contributed by atoms with Crippen LogP contribution in [-0.2, 0) is 0 Å². The summed E-state index contributed by atoms with van der Waals surface area (Å²) >= 11 is 9.82. The molecule has 2 unspecified atom stereocenters. The minimum absolute atomic E-state index is 0.252. The zero-order valence-electron chi connectivity index (χ0n) is 11.4. The smallest absolute Gasteiger partial charge is 0.0485 e. The van der Waals surface area contributed by atoms with E-state index < -0.39 is 0 Å². The van der Waals surface area contributed by atoms with Crippen molar-refractivity contribution in [1.29, 1.82) is 0 Å². The maximum absolute atomic E-state index is 6.37. The summed E-state index contributed by atoms with van der Waals surface area (Å²) < 4.78 is 1.02. The fourth-order valence-electron chi connectivity index (χ4n) is 3.03. The summed E-state index contributed by atoms with van der Waals surface area (Å²) in [5.74, 6) is 0.827. The molecule has 0 radical (unpaired) electrons. The Balaban J connectivity index is 2.12. The van der Waals surface area contributed by atoms with E-state index in [2.05, 4.69) is 33.8 Å². The highest BCUT2D eigenvalue weighted by molar-refractivity contribution is 9.10. The minimum atomic E-state index is 0.252. The summed E-state index contributed by atoms with van der Waals surface area (Å²) in [4.78, 5) is 2.50. The van der Waals surface area contributed by atoms with E-state index in [4.69, 9.17) is 17.3 Å². The molecule has 0 amide bonds. The Bertz CT molecular complexity index is 425. The highest BCUT2D eigenvalue weighted by atomic mass is 79.9. The zero-order valence-corrected chi connectivity index (χ0v) is 13.8. The summed E-state index contributed by atoms with van der Waals surface area (Å²) in [6.45, 7) is 5.18. The van der Waals surface area contributed by atoms with Gasteiger partial charge in [-0.3, -0.25) is 4.90 Å². The SMILES string of the molecule is CCCC1CCN(C(CN)c2ccc(Br)cc2Cl)C1. The predicted octanol–water partition coefficient (Wildman–Crippen LogP) is 4.22. The van der Waals surface area contributed by atoms with E-state index in [1.807, 2.05) is 12.1 Å². The van der Waals surface area contributed by atoms with Crippen LogP contribution in [0.1, 0.15) is 37.8 Å². The third-order valence-corrected chi connectivity index (χ3v) is 4.82. The van der Waals surface area contributed by atoms with Gasteiger partial charge in [0, 0.05) is 28.6 Å². The van der Waals surface area contributed by atoms with Crippen molar-refractivity contribution in [1.82, 2.24) is 4.90 Å². The van der Waals surface area contributed by atoms with Gasteiger partial charge in [-0.15, -0.1) is 0 Å². The summed E-state index contributed by atoms with van der Waals surface area (Å²) in [6.07, 6.45) is 3.88. The van der Waals surface area contributed by atoms with Crippen LogP contribution in [0.15, 0.2) is 22.7 Å². The molecule has 0 spiro atoms. The quantitative estimate of drug-likeness (QED) is 0.865. The van der Waals surface area contributed by atoms with Crippen LogP contribution in [-0.4, -0.2) is 24.5 Å². The summed E-state index contributed by atoms with van der Waals surface area (Å²) in [7, 11) is 0. The summed E-state index contributed by atoms with van der Waals surface area (Å²) in [5.41, 5.74) is 7.16. The molecule has 1 heterocycles. The molecule has 2 atom stereocenters. The Morgan fingerprint density at radius 1 is 1.53 bits per heavy atom. The Morgan fingerprint density at radius 2 is 2.32 bits per heavy atom. The van der Waals surface area contributed by atoms with Crippen LogP contribution in [0.2, 0.25) is 5.02 Å². The standard InChI is InChI=1S/C15H22BrClN2/c1-2-3-11-6-7-19(10-11)15(9-18)13-5-4-12(16)8-14(13)17/h4-5,8,11,15H,2-3,6-7,9-10,18H2,1H3. The molecule has 2 N–H and O–H groups in total. The second-order valence-electron chi connectivity index (χ2n) is 5.36. The Morgan fingerprint density at radius 3 is 2.95 bits per heavy atom. The van der Waals surface area contributed by atoms with Crippen LogP contribution in [0.3, 0.4) is 0 Å². The molecule has 0 bridgehead atoms. The fraction of sp³-hybridized carbons (Fsp3) is 0.600. The molecule has 0 aliphatic carbocycles.